The number of pyridine rings is 1. The molecule has 0 aromatic carbocycles. The van der Waals surface area contributed by atoms with Crippen molar-refractivity contribution in [3.8, 4) is 17.5 Å². The highest BCUT2D eigenvalue weighted by atomic mass is 16.5. The van der Waals surface area contributed by atoms with Crippen molar-refractivity contribution in [3.63, 3.8) is 0 Å². The number of anilines is 1. The Morgan fingerprint density at radius 1 is 1.18 bits per heavy atom. The molecule has 0 saturated heterocycles. The molecule has 4 N–H and O–H groups in total. The van der Waals surface area contributed by atoms with Crippen molar-refractivity contribution in [2.24, 2.45) is 0 Å². The van der Waals surface area contributed by atoms with E-state index in [0.29, 0.717) is 23.2 Å². The molecule has 3 heterocycles. The SMILES string of the molecule is COc1ccc2[nH]c(-c3nc(N)n[nH]3)nc2n1. The van der Waals surface area contributed by atoms with Crippen LogP contribution >= 0.6 is 0 Å². The lowest BCUT2D eigenvalue weighted by Crippen LogP contribution is -1.87. The maximum absolute atomic E-state index is 5.43. The second kappa shape index (κ2) is 3.44. The molecule has 0 amide bonds. The van der Waals surface area contributed by atoms with E-state index in [9.17, 15) is 0 Å². The molecule has 3 aromatic rings. The van der Waals surface area contributed by atoms with Crippen LogP contribution in [0.5, 0.6) is 5.88 Å². The number of nitrogens with zero attached hydrogens (tertiary/aromatic N) is 4. The molecule has 3 aromatic heterocycles. The smallest absolute Gasteiger partial charge is 0.239 e. The number of ether oxygens (including phenoxy) is 1. The van der Waals surface area contributed by atoms with Crippen molar-refractivity contribution in [2.75, 3.05) is 12.8 Å². The van der Waals surface area contributed by atoms with E-state index in [2.05, 4.69) is 30.1 Å². The normalized spacial score (nSPS) is 10.9. The van der Waals surface area contributed by atoms with Crippen LogP contribution in [-0.4, -0.2) is 37.2 Å². The van der Waals surface area contributed by atoms with Crippen molar-refractivity contribution in [2.45, 2.75) is 0 Å². The average Bonchev–Trinajstić information content (AvgIpc) is 2.93. The van der Waals surface area contributed by atoms with Gasteiger partial charge in [0.25, 0.3) is 0 Å². The number of methoxy groups -OCH3 is 1. The molecule has 17 heavy (non-hydrogen) atoms. The minimum atomic E-state index is 0.172. The van der Waals surface area contributed by atoms with Crippen molar-refractivity contribution < 1.29 is 4.74 Å². The van der Waals surface area contributed by atoms with Gasteiger partial charge in [-0.3, -0.25) is 5.10 Å². The fourth-order valence-corrected chi connectivity index (χ4v) is 1.48. The zero-order valence-electron chi connectivity index (χ0n) is 8.93. The van der Waals surface area contributed by atoms with Gasteiger partial charge >= 0.3 is 0 Å². The Labute approximate surface area is 95.3 Å². The van der Waals surface area contributed by atoms with Crippen LogP contribution in [0.4, 0.5) is 5.95 Å². The summed E-state index contributed by atoms with van der Waals surface area (Å²) in [6, 6.07) is 3.58. The number of imidazole rings is 1. The van der Waals surface area contributed by atoms with Crippen LogP contribution < -0.4 is 10.5 Å². The summed E-state index contributed by atoms with van der Waals surface area (Å²) >= 11 is 0. The van der Waals surface area contributed by atoms with Gasteiger partial charge in [0, 0.05) is 6.07 Å². The summed E-state index contributed by atoms with van der Waals surface area (Å²) in [5, 5.41) is 6.41. The molecule has 8 nitrogen and oxygen atoms in total. The van der Waals surface area contributed by atoms with Gasteiger partial charge in [0.05, 0.1) is 12.6 Å². The van der Waals surface area contributed by atoms with E-state index in [1.165, 1.54) is 0 Å². The Bertz CT molecular complexity index is 671. The molecule has 0 radical (unpaired) electrons. The van der Waals surface area contributed by atoms with Gasteiger partial charge in [-0.1, -0.05) is 0 Å². The first-order valence-corrected chi connectivity index (χ1v) is 4.85. The average molecular weight is 231 g/mol. The van der Waals surface area contributed by atoms with E-state index in [0.717, 1.165) is 5.52 Å². The molecular weight excluding hydrogens is 222 g/mol. The maximum atomic E-state index is 5.43. The summed E-state index contributed by atoms with van der Waals surface area (Å²) in [5.74, 6) is 1.68. The molecule has 0 atom stereocenters. The fraction of sp³-hybridized carbons (Fsp3) is 0.111. The van der Waals surface area contributed by atoms with E-state index >= 15 is 0 Å². The minimum Gasteiger partial charge on any atom is -0.481 e. The second-order valence-corrected chi connectivity index (χ2v) is 3.35. The first-order valence-electron chi connectivity index (χ1n) is 4.85. The van der Waals surface area contributed by atoms with Crippen molar-refractivity contribution in [1.82, 2.24) is 30.1 Å². The highest BCUT2D eigenvalue weighted by Crippen LogP contribution is 2.18. The van der Waals surface area contributed by atoms with Gasteiger partial charge < -0.3 is 15.5 Å². The second-order valence-electron chi connectivity index (χ2n) is 3.35. The van der Waals surface area contributed by atoms with Gasteiger partial charge in [-0.15, -0.1) is 5.10 Å². The third-order valence-electron chi connectivity index (χ3n) is 2.26. The number of nitrogens with one attached hydrogen (secondary N) is 2. The zero-order valence-corrected chi connectivity index (χ0v) is 8.93. The zero-order chi connectivity index (χ0) is 11.8. The Balaban J connectivity index is 2.13. The summed E-state index contributed by atoms with van der Waals surface area (Å²) in [7, 11) is 1.55. The first-order chi connectivity index (χ1) is 8.26. The number of aromatic amines is 2. The van der Waals surface area contributed by atoms with Crippen molar-refractivity contribution >= 4 is 17.1 Å². The number of hydrogen-bond acceptors (Lipinski definition) is 6. The van der Waals surface area contributed by atoms with Crippen LogP contribution in [0.3, 0.4) is 0 Å². The third kappa shape index (κ3) is 1.55. The van der Waals surface area contributed by atoms with E-state index in [1.54, 1.807) is 13.2 Å². The lowest BCUT2D eigenvalue weighted by Gasteiger charge is -1.95. The fourth-order valence-electron chi connectivity index (χ4n) is 1.48. The Morgan fingerprint density at radius 2 is 2.06 bits per heavy atom. The number of nitrogens with two attached hydrogens (primary N) is 1. The lowest BCUT2D eigenvalue weighted by atomic mass is 10.4. The van der Waals surface area contributed by atoms with E-state index in [-0.39, 0.29) is 5.95 Å². The van der Waals surface area contributed by atoms with Crippen molar-refractivity contribution in [3.05, 3.63) is 12.1 Å². The monoisotopic (exact) mass is 231 g/mol. The highest BCUT2D eigenvalue weighted by Gasteiger charge is 2.10. The molecular formula is C9H9N7O. The Kier molecular flexibility index (Phi) is 1.94. The topological polar surface area (TPSA) is 118 Å². The molecule has 0 aliphatic carbocycles. The predicted molar refractivity (Wildman–Crippen MR) is 60.2 cm³/mol. The molecule has 0 aliphatic heterocycles. The number of fused-ring (bicyclic) bond motifs is 1. The molecule has 0 unspecified atom stereocenters. The summed E-state index contributed by atoms with van der Waals surface area (Å²) in [4.78, 5) is 15.5. The molecule has 0 spiro atoms. The molecule has 86 valence electrons. The molecule has 3 rings (SSSR count). The lowest BCUT2D eigenvalue weighted by molar-refractivity contribution is 0.399. The number of nitrogen functional groups attached to an aromatic ring is 1. The summed E-state index contributed by atoms with van der Waals surface area (Å²) in [5.41, 5.74) is 6.76. The number of rotatable bonds is 2. The Hall–Kier alpha value is -2.64. The maximum Gasteiger partial charge on any atom is 0.239 e. The van der Waals surface area contributed by atoms with Gasteiger partial charge in [0.15, 0.2) is 17.3 Å². The van der Waals surface area contributed by atoms with Gasteiger partial charge in [0.2, 0.25) is 11.8 Å². The van der Waals surface area contributed by atoms with Gasteiger partial charge in [0.1, 0.15) is 0 Å². The number of hydrogen-bond donors (Lipinski definition) is 3. The predicted octanol–water partition coefficient (Wildman–Crippen LogP) is 0.334. The molecule has 0 aliphatic rings. The highest BCUT2D eigenvalue weighted by molar-refractivity contribution is 5.75. The quantitative estimate of drug-likeness (QED) is 0.585. The van der Waals surface area contributed by atoms with Gasteiger partial charge in [-0.25, -0.2) is 4.98 Å². The minimum absolute atomic E-state index is 0.172. The van der Waals surface area contributed by atoms with Crippen LogP contribution in [0.25, 0.3) is 22.8 Å². The van der Waals surface area contributed by atoms with E-state index < -0.39 is 0 Å². The Morgan fingerprint density at radius 3 is 2.76 bits per heavy atom. The standard InChI is InChI=1S/C9H9N7O/c1-17-5-3-2-4-6(12-5)13-7(11-4)8-14-9(10)16-15-8/h2-3H,1H3,(H,11,12,13)(H3,10,14,15,16). The first kappa shape index (κ1) is 9.58. The number of H-pyrrole nitrogens is 2. The van der Waals surface area contributed by atoms with Crippen LogP contribution in [0.15, 0.2) is 12.1 Å². The summed E-state index contributed by atoms with van der Waals surface area (Å²) < 4.78 is 5.02. The van der Waals surface area contributed by atoms with E-state index in [1.807, 2.05) is 6.07 Å². The van der Waals surface area contributed by atoms with Gasteiger partial charge in [-0.05, 0) is 6.07 Å². The van der Waals surface area contributed by atoms with Crippen LogP contribution in [0.1, 0.15) is 0 Å². The van der Waals surface area contributed by atoms with Crippen LogP contribution in [0, 0.1) is 0 Å². The third-order valence-corrected chi connectivity index (χ3v) is 2.26. The molecule has 8 heteroatoms. The largest absolute Gasteiger partial charge is 0.481 e. The number of aromatic nitrogens is 6. The van der Waals surface area contributed by atoms with E-state index in [4.69, 9.17) is 10.5 Å². The van der Waals surface area contributed by atoms with Crippen LogP contribution in [-0.2, 0) is 0 Å². The van der Waals surface area contributed by atoms with Crippen molar-refractivity contribution in [1.29, 1.82) is 0 Å². The molecule has 0 fully saturated rings. The summed E-state index contributed by atoms with van der Waals surface area (Å²) in [6.07, 6.45) is 0. The molecule has 0 saturated carbocycles. The molecule has 0 bridgehead atoms. The summed E-state index contributed by atoms with van der Waals surface area (Å²) in [6.45, 7) is 0. The van der Waals surface area contributed by atoms with Gasteiger partial charge in [-0.2, -0.15) is 9.97 Å². The van der Waals surface area contributed by atoms with Crippen LogP contribution in [0.2, 0.25) is 0 Å².